The highest BCUT2D eigenvalue weighted by Crippen LogP contribution is 2.30. The number of carbonyl (C=O) groups excluding carboxylic acids is 1. The molecule has 1 fully saturated rings. The lowest BCUT2D eigenvalue weighted by Crippen LogP contribution is -2.43. The van der Waals surface area contributed by atoms with Crippen molar-refractivity contribution in [1.82, 2.24) is 4.31 Å². The third-order valence-electron chi connectivity index (χ3n) is 3.79. The SMILES string of the molecule is CC(C)OC(=O)C1CSCN1S(=O)(=O)c1ccc2ccccc2c1. The molecular formula is C17H19NO4S2. The molecule has 1 aliphatic rings. The number of esters is 1. The third-order valence-corrected chi connectivity index (χ3v) is 6.82. The fourth-order valence-electron chi connectivity index (χ4n) is 2.62. The first-order chi connectivity index (χ1) is 11.4. The molecule has 3 rings (SSSR count). The summed E-state index contributed by atoms with van der Waals surface area (Å²) in [4.78, 5) is 12.4. The van der Waals surface area contributed by atoms with Gasteiger partial charge in [-0.1, -0.05) is 30.3 Å². The molecule has 2 aromatic rings. The first-order valence-corrected chi connectivity index (χ1v) is 10.3. The van der Waals surface area contributed by atoms with E-state index >= 15 is 0 Å². The van der Waals surface area contributed by atoms with E-state index in [0.717, 1.165) is 10.8 Å². The topological polar surface area (TPSA) is 63.7 Å². The summed E-state index contributed by atoms with van der Waals surface area (Å²) in [5.74, 6) is 0.185. The number of hydrogen-bond acceptors (Lipinski definition) is 5. The van der Waals surface area contributed by atoms with Crippen LogP contribution in [0.15, 0.2) is 47.4 Å². The molecule has 1 saturated heterocycles. The van der Waals surface area contributed by atoms with Gasteiger partial charge in [0.25, 0.3) is 0 Å². The van der Waals surface area contributed by atoms with E-state index in [1.54, 1.807) is 32.0 Å². The van der Waals surface area contributed by atoms with Crippen molar-refractivity contribution in [1.29, 1.82) is 0 Å². The van der Waals surface area contributed by atoms with Gasteiger partial charge in [0.1, 0.15) is 6.04 Å². The molecule has 0 radical (unpaired) electrons. The Labute approximate surface area is 146 Å². The molecule has 0 saturated carbocycles. The highest BCUT2D eigenvalue weighted by Gasteiger charge is 2.41. The highest BCUT2D eigenvalue weighted by atomic mass is 32.2. The molecule has 7 heteroatoms. The molecule has 0 spiro atoms. The number of benzene rings is 2. The lowest BCUT2D eigenvalue weighted by Gasteiger charge is -2.23. The average molecular weight is 365 g/mol. The summed E-state index contributed by atoms with van der Waals surface area (Å²) >= 11 is 1.42. The molecule has 0 amide bonds. The minimum atomic E-state index is -3.75. The van der Waals surface area contributed by atoms with Gasteiger partial charge in [-0.25, -0.2) is 8.42 Å². The molecule has 24 heavy (non-hydrogen) atoms. The van der Waals surface area contributed by atoms with Gasteiger partial charge in [0.05, 0.1) is 16.9 Å². The number of ether oxygens (including phenoxy) is 1. The number of rotatable bonds is 4. The maximum Gasteiger partial charge on any atom is 0.325 e. The lowest BCUT2D eigenvalue weighted by atomic mass is 10.1. The van der Waals surface area contributed by atoms with Gasteiger partial charge in [-0.15, -0.1) is 11.8 Å². The van der Waals surface area contributed by atoms with E-state index in [-0.39, 0.29) is 16.9 Å². The highest BCUT2D eigenvalue weighted by molar-refractivity contribution is 8.00. The van der Waals surface area contributed by atoms with E-state index in [1.807, 2.05) is 24.3 Å². The van der Waals surface area contributed by atoms with E-state index in [0.29, 0.717) is 5.75 Å². The molecule has 128 valence electrons. The van der Waals surface area contributed by atoms with Crippen LogP contribution >= 0.6 is 11.8 Å². The minimum absolute atomic E-state index is 0.200. The van der Waals surface area contributed by atoms with E-state index in [2.05, 4.69) is 0 Å². The van der Waals surface area contributed by atoms with Gasteiger partial charge in [0.2, 0.25) is 10.0 Å². The number of nitrogens with zero attached hydrogens (tertiary/aromatic N) is 1. The van der Waals surface area contributed by atoms with Gasteiger partial charge >= 0.3 is 5.97 Å². The van der Waals surface area contributed by atoms with Crippen LogP contribution in [-0.4, -0.2) is 42.5 Å². The normalized spacial score (nSPS) is 19.0. The van der Waals surface area contributed by atoms with Crippen molar-refractivity contribution in [2.45, 2.75) is 30.9 Å². The number of sulfonamides is 1. The zero-order chi connectivity index (χ0) is 17.3. The second-order valence-electron chi connectivity index (χ2n) is 5.90. The van der Waals surface area contributed by atoms with Gasteiger partial charge in [-0.3, -0.25) is 4.79 Å². The van der Waals surface area contributed by atoms with E-state index < -0.39 is 22.0 Å². The Hall–Kier alpha value is -1.57. The fraction of sp³-hybridized carbons (Fsp3) is 0.353. The Kier molecular flexibility index (Phi) is 4.85. The van der Waals surface area contributed by atoms with Gasteiger partial charge in [-0.05, 0) is 36.8 Å². The van der Waals surface area contributed by atoms with Crippen LogP contribution in [0.1, 0.15) is 13.8 Å². The van der Waals surface area contributed by atoms with Crippen molar-refractivity contribution in [3.05, 3.63) is 42.5 Å². The Bertz CT molecular complexity index is 864. The van der Waals surface area contributed by atoms with Gasteiger partial charge in [-0.2, -0.15) is 4.31 Å². The van der Waals surface area contributed by atoms with E-state index in [1.165, 1.54) is 16.1 Å². The van der Waals surface area contributed by atoms with Gasteiger partial charge in [0, 0.05) is 5.75 Å². The molecule has 1 atom stereocenters. The average Bonchev–Trinajstić information content (AvgIpc) is 3.04. The monoisotopic (exact) mass is 365 g/mol. The summed E-state index contributed by atoms with van der Waals surface area (Å²) in [6.45, 7) is 3.50. The van der Waals surface area contributed by atoms with Crippen LogP contribution in [0.5, 0.6) is 0 Å². The van der Waals surface area contributed by atoms with Crippen LogP contribution in [-0.2, 0) is 19.6 Å². The molecule has 1 unspecified atom stereocenters. The molecule has 1 heterocycles. The lowest BCUT2D eigenvalue weighted by molar-refractivity contribution is -0.150. The Morgan fingerprint density at radius 2 is 1.92 bits per heavy atom. The first-order valence-electron chi connectivity index (χ1n) is 7.68. The second-order valence-corrected chi connectivity index (χ2v) is 8.79. The summed E-state index contributed by atoms with van der Waals surface area (Å²) in [6.07, 6.45) is -0.270. The van der Waals surface area contributed by atoms with Crippen molar-refractivity contribution in [3.8, 4) is 0 Å². The quantitative estimate of drug-likeness (QED) is 0.780. The number of carbonyl (C=O) groups is 1. The Morgan fingerprint density at radius 1 is 1.21 bits per heavy atom. The third kappa shape index (κ3) is 3.29. The number of hydrogen-bond donors (Lipinski definition) is 0. The van der Waals surface area contributed by atoms with Crippen molar-refractivity contribution >= 4 is 38.5 Å². The van der Waals surface area contributed by atoms with E-state index in [9.17, 15) is 13.2 Å². The molecular weight excluding hydrogens is 346 g/mol. The molecule has 0 bridgehead atoms. The molecule has 0 aromatic heterocycles. The van der Waals surface area contributed by atoms with Crippen molar-refractivity contribution < 1.29 is 17.9 Å². The zero-order valence-corrected chi connectivity index (χ0v) is 15.1. The van der Waals surface area contributed by atoms with Crippen LogP contribution in [0.25, 0.3) is 10.8 Å². The molecule has 5 nitrogen and oxygen atoms in total. The summed E-state index contributed by atoms with van der Waals surface area (Å²) in [5, 5.41) is 1.83. The maximum atomic E-state index is 13.0. The van der Waals surface area contributed by atoms with E-state index in [4.69, 9.17) is 4.74 Å². The predicted molar refractivity (Wildman–Crippen MR) is 95.3 cm³/mol. The fourth-order valence-corrected chi connectivity index (χ4v) is 5.78. The van der Waals surface area contributed by atoms with Crippen LogP contribution in [0.4, 0.5) is 0 Å². The molecule has 0 N–H and O–H groups in total. The number of fused-ring (bicyclic) bond motifs is 1. The molecule has 0 aliphatic carbocycles. The first kappa shape index (κ1) is 17.3. The second kappa shape index (κ2) is 6.74. The van der Waals surface area contributed by atoms with Crippen molar-refractivity contribution in [3.63, 3.8) is 0 Å². The summed E-state index contributed by atoms with van der Waals surface area (Å²) in [6, 6.07) is 11.8. The Balaban J connectivity index is 1.94. The van der Waals surface area contributed by atoms with Crippen molar-refractivity contribution in [2.24, 2.45) is 0 Å². The number of thioether (sulfide) groups is 1. The largest absolute Gasteiger partial charge is 0.462 e. The predicted octanol–water partition coefficient (Wildman–Crippen LogP) is 2.86. The standard InChI is InChI=1S/C17H19NO4S2/c1-12(2)22-17(19)16-10-23-11-18(16)24(20,21)15-8-7-13-5-3-4-6-14(13)9-15/h3-9,12,16H,10-11H2,1-2H3. The Morgan fingerprint density at radius 3 is 2.62 bits per heavy atom. The van der Waals surface area contributed by atoms with Crippen LogP contribution < -0.4 is 0 Å². The minimum Gasteiger partial charge on any atom is -0.462 e. The van der Waals surface area contributed by atoms with Crippen molar-refractivity contribution in [2.75, 3.05) is 11.6 Å². The van der Waals surface area contributed by atoms with Crippen LogP contribution in [0, 0.1) is 0 Å². The summed E-state index contributed by atoms with van der Waals surface area (Å²) in [7, 11) is -3.75. The van der Waals surface area contributed by atoms with Crippen LogP contribution in [0.2, 0.25) is 0 Å². The summed E-state index contributed by atoms with van der Waals surface area (Å²) in [5.41, 5.74) is 0. The molecule has 2 aromatic carbocycles. The zero-order valence-electron chi connectivity index (χ0n) is 13.5. The van der Waals surface area contributed by atoms with Crippen LogP contribution in [0.3, 0.4) is 0 Å². The van der Waals surface area contributed by atoms with Gasteiger partial charge < -0.3 is 4.74 Å². The maximum absolute atomic E-state index is 13.0. The smallest absolute Gasteiger partial charge is 0.325 e. The summed E-state index contributed by atoms with van der Waals surface area (Å²) < 4.78 is 32.4. The van der Waals surface area contributed by atoms with Gasteiger partial charge in [0.15, 0.2) is 0 Å². The molecule has 1 aliphatic heterocycles.